The fourth-order valence-electron chi connectivity index (χ4n) is 2.30. The lowest BCUT2D eigenvalue weighted by molar-refractivity contribution is -0.142. The molecule has 2 aromatic carbocycles. The molecule has 0 aromatic heterocycles. The SMILES string of the molecule is COc1cc(/C=C/C(=O)OCC(=O)Nc2ccccc2F)cc(OC)c1OC. The Hall–Kier alpha value is -3.55. The maximum absolute atomic E-state index is 13.5. The molecule has 0 heterocycles. The molecule has 0 fully saturated rings. The van der Waals surface area contributed by atoms with Gasteiger partial charge >= 0.3 is 5.97 Å². The first kappa shape index (κ1) is 20.8. The van der Waals surface area contributed by atoms with Gasteiger partial charge in [0.1, 0.15) is 5.82 Å². The molecule has 7 nitrogen and oxygen atoms in total. The molecule has 0 atom stereocenters. The van der Waals surface area contributed by atoms with E-state index in [0.29, 0.717) is 22.8 Å². The number of halogens is 1. The van der Waals surface area contributed by atoms with E-state index in [2.05, 4.69) is 5.32 Å². The summed E-state index contributed by atoms with van der Waals surface area (Å²) in [7, 11) is 4.44. The van der Waals surface area contributed by atoms with Crippen LogP contribution in [-0.4, -0.2) is 39.8 Å². The molecule has 0 aliphatic carbocycles. The number of hydrogen-bond donors (Lipinski definition) is 1. The first-order valence-electron chi connectivity index (χ1n) is 8.17. The Balaban J connectivity index is 1.96. The van der Waals surface area contributed by atoms with Gasteiger partial charge in [-0.3, -0.25) is 4.79 Å². The Morgan fingerprint density at radius 3 is 2.25 bits per heavy atom. The third kappa shape index (κ3) is 5.47. The number of hydrogen-bond acceptors (Lipinski definition) is 6. The molecule has 0 bridgehead atoms. The number of carbonyl (C=O) groups excluding carboxylic acids is 2. The predicted octanol–water partition coefficient (Wildman–Crippen LogP) is 3.05. The summed E-state index contributed by atoms with van der Waals surface area (Å²) in [6.45, 7) is -0.549. The highest BCUT2D eigenvalue weighted by Crippen LogP contribution is 2.38. The number of ether oxygens (including phenoxy) is 4. The molecule has 2 aromatic rings. The molecule has 0 aliphatic heterocycles. The number of methoxy groups -OCH3 is 3. The van der Waals surface area contributed by atoms with Crippen LogP contribution >= 0.6 is 0 Å². The number of esters is 1. The van der Waals surface area contributed by atoms with Crippen molar-refractivity contribution in [1.29, 1.82) is 0 Å². The van der Waals surface area contributed by atoms with Gasteiger partial charge in [0.2, 0.25) is 5.75 Å². The molecular formula is C20H20FNO6. The minimum Gasteiger partial charge on any atom is -0.493 e. The van der Waals surface area contributed by atoms with Crippen LogP contribution < -0.4 is 19.5 Å². The topological polar surface area (TPSA) is 83.1 Å². The van der Waals surface area contributed by atoms with Gasteiger partial charge in [0, 0.05) is 6.08 Å². The van der Waals surface area contributed by atoms with Crippen molar-refractivity contribution >= 4 is 23.6 Å². The van der Waals surface area contributed by atoms with Crippen LogP contribution in [0.25, 0.3) is 6.08 Å². The van der Waals surface area contributed by atoms with Crippen molar-refractivity contribution in [3.63, 3.8) is 0 Å². The minimum atomic E-state index is -0.738. The average molecular weight is 389 g/mol. The lowest BCUT2D eigenvalue weighted by Crippen LogP contribution is -2.20. The summed E-state index contributed by atoms with van der Waals surface area (Å²) >= 11 is 0. The van der Waals surface area contributed by atoms with Gasteiger partial charge in [-0.15, -0.1) is 0 Å². The van der Waals surface area contributed by atoms with Crippen molar-refractivity contribution in [2.45, 2.75) is 0 Å². The summed E-state index contributed by atoms with van der Waals surface area (Å²) in [5, 5.41) is 2.32. The van der Waals surface area contributed by atoms with Crippen molar-refractivity contribution in [2.24, 2.45) is 0 Å². The van der Waals surface area contributed by atoms with Crippen LogP contribution in [0.2, 0.25) is 0 Å². The highest BCUT2D eigenvalue weighted by molar-refractivity contribution is 5.94. The Morgan fingerprint density at radius 1 is 1.04 bits per heavy atom. The number of amides is 1. The molecule has 8 heteroatoms. The van der Waals surface area contributed by atoms with E-state index in [4.69, 9.17) is 18.9 Å². The second kappa shape index (κ2) is 9.96. The van der Waals surface area contributed by atoms with Crippen LogP contribution in [0.3, 0.4) is 0 Å². The zero-order chi connectivity index (χ0) is 20.5. The van der Waals surface area contributed by atoms with Gasteiger partial charge in [-0.1, -0.05) is 12.1 Å². The Morgan fingerprint density at radius 2 is 1.68 bits per heavy atom. The zero-order valence-corrected chi connectivity index (χ0v) is 15.7. The lowest BCUT2D eigenvalue weighted by Gasteiger charge is -2.12. The normalized spacial score (nSPS) is 10.4. The van der Waals surface area contributed by atoms with Crippen molar-refractivity contribution in [2.75, 3.05) is 33.3 Å². The smallest absolute Gasteiger partial charge is 0.331 e. The molecular weight excluding hydrogens is 369 g/mol. The third-order valence-corrected chi connectivity index (χ3v) is 3.59. The van der Waals surface area contributed by atoms with E-state index in [1.54, 1.807) is 18.2 Å². The molecule has 0 radical (unpaired) electrons. The summed E-state index contributed by atoms with van der Waals surface area (Å²) < 4.78 is 34.0. The first-order chi connectivity index (χ1) is 13.5. The zero-order valence-electron chi connectivity index (χ0n) is 15.7. The van der Waals surface area contributed by atoms with Crippen molar-refractivity contribution < 1.29 is 32.9 Å². The highest BCUT2D eigenvalue weighted by Gasteiger charge is 2.12. The molecule has 0 saturated heterocycles. The molecule has 0 saturated carbocycles. The fraction of sp³-hybridized carbons (Fsp3) is 0.200. The molecule has 1 amide bonds. The molecule has 0 spiro atoms. The van der Waals surface area contributed by atoms with E-state index in [-0.39, 0.29) is 5.69 Å². The van der Waals surface area contributed by atoms with Crippen LogP contribution in [0, 0.1) is 5.82 Å². The van der Waals surface area contributed by atoms with Crippen LogP contribution in [0.15, 0.2) is 42.5 Å². The van der Waals surface area contributed by atoms with Crippen LogP contribution in [-0.2, 0) is 14.3 Å². The fourth-order valence-corrected chi connectivity index (χ4v) is 2.30. The number of carbonyl (C=O) groups is 2. The number of nitrogens with one attached hydrogen (secondary N) is 1. The number of para-hydroxylation sites is 1. The van der Waals surface area contributed by atoms with E-state index in [0.717, 1.165) is 6.08 Å². The summed E-state index contributed by atoms with van der Waals surface area (Å²) in [5.74, 6) is -0.686. The maximum atomic E-state index is 13.5. The Bertz CT molecular complexity index is 856. The molecule has 1 N–H and O–H groups in total. The number of anilines is 1. The van der Waals surface area contributed by atoms with E-state index in [1.807, 2.05) is 0 Å². The van der Waals surface area contributed by atoms with Crippen LogP contribution in [0.4, 0.5) is 10.1 Å². The molecule has 0 aliphatic rings. The van der Waals surface area contributed by atoms with E-state index in [1.165, 1.54) is 45.6 Å². The van der Waals surface area contributed by atoms with Gasteiger partial charge in [0.05, 0.1) is 27.0 Å². The summed E-state index contributed by atoms with van der Waals surface area (Å²) in [5.41, 5.74) is 0.610. The number of benzene rings is 2. The Labute approximate surface area is 161 Å². The largest absolute Gasteiger partial charge is 0.493 e. The van der Waals surface area contributed by atoms with Crippen LogP contribution in [0.1, 0.15) is 5.56 Å². The van der Waals surface area contributed by atoms with Gasteiger partial charge in [-0.25, -0.2) is 9.18 Å². The molecule has 2 rings (SSSR count). The van der Waals surface area contributed by atoms with Gasteiger partial charge in [0.25, 0.3) is 5.91 Å². The summed E-state index contributed by atoms with van der Waals surface area (Å²) in [6.07, 6.45) is 2.62. The second-order valence-corrected chi connectivity index (χ2v) is 5.43. The summed E-state index contributed by atoms with van der Waals surface area (Å²) in [6, 6.07) is 8.98. The monoisotopic (exact) mass is 389 g/mol. The lowest BCUT2D eigenvalue weighted by atomic mass is 10.1. The quantitative estimate of drug-likeness (QED) is 0.552. The van der Waals surface area contributed by atoms with E-state index < -0.39 is 24.3 Å². The van der Waals surface area contributed by atoms with Gasteiger partial charge in [-0.05, 0) is 35.9 Å². The second-order valence-electron chi connectivity index (χ2n) is 5.43. The predicted molar refractivity (Wildman–Crippen MR) is 101 cm³/mol. The highest BCUT2D eigenvalue weighted by atomic mass is 19.1. The van der Waals surface area contributed by atoms with Crippen molar-refractivity contribution in [3.8, 4) is 17.2 Å². The van der Waals surface area contributed by atoms with Gasteiger partial charge < -0.3 is 24.3 Å². The van der Waals surface area contributed by atoms with Crippen molar-refractivity contribution in [3.05, 3.63) is 53.9 Å². The van der Waals surface area contributed by atoms with Crippen molar-refractivity contribution in [1.82, 2.24) is 0 Å². The Kier molecular flexibility index (Phi) is 7.38. The average Bonchev–Trinajstić information content (AvgIpc) is 2.71. The first-order valence-corrected chi connectivity index (χ1v) is 8.17. The van der Waals surface area contributed by atoms with Gasteiger partial charge in [-0.2, -0.15) is 0 Å². The third-order valence-electron chi connectivity index (χ3n) is 3.59. The molecule has 28 heavy (non-hydrogen) atoms. The van der Waals surface area contributed by atoms with Crippen LogP contribution in [0.5, 0.6) is 17.2 Å². The van der Waals surface area contributed by atoms with E-state index >= 15 is 0 Å². The van der Waals surface area contributed by atoms with Gasteiger partial charge in [0.15, 0.2) is 18.1 Å². The standard InChI is InChI=1S/C20H20FNO6/c1-25-16-10-13(11-17(26-2)20(16)27-3)8-9-19(24)28-12-18(23)22-15-7-5-4-6-14(15)21/h4-11H,12H2,1-3H3,(H,22,23)/b9-8+. The number of rotatable bonds is 8. The molecule has 0 unspecified atom stereocenters. The maximum Gasteiger partial charge on any atom is 0.331 e. The summed E-state index contributed by atoms with van der Waals surface area (Å²) in [4.78, 5) is 23.6. The minimum absolute atomic E-state index is 0.0107. The molecule has 148 valence electrons. The van der Waals surface area contributed by atoms with E-state index in [9.17, 15) is 14.0 Å².